The zero-order chi connectivity index (χ0) is 13.6. The number of rotatable bonds is 6. The van der Waals surface area contributed by atoms with E-state index in [0.29, 0.717) is 18.8 Å². The lowest BCUT2D eigenvalue weighted by Crippen LogP contribution is -2.42. The highest BCUT2D eigenvalue weighted by atomic mass is 32.2. The van der Waals surface area contributed by atoms with Crippen molar-refractivity contribution in [1.82, 2.24) is 9.88 Å². The maximum Gasteiger partial charge on any atom is 0.233 e. The number of aromatic nitrogens is 1. The fraction of sp³-hybridized carbons (Fsp3) is 0.538. The van der Waals surface area contributed by atoms with Crippen LogP contribution >= 0.6 is 11.8 Å². The summed E-state index contributed by atoms with van der Waals surface area (Å²) in [7, 11) is 0. The van der Waals surface area contributed by atoms with E-state index in [1.165, 1.54) is 11.8 Å². The average Bonchev–Trinajstić information content (AvgIpc) is 2.33. The van der Waals surface area contributed by atoms with Crippen LogP contribution in [0.4, 0.5) is 0 Å². The molecule has 1 aromatic heterocycles. The number of hydrogen-bond acceptors (Lipinski definition) is 4. The van der Waals surface area contributed by atoms with Gasteiger partial charge in [0.05, 0.1) is 11.4 Å². The van der Waals surface area contributed by atoms with E-state index in [1.807, 2.05) is 19.1 Å². The summed E-state index contributed by atoms with van der Waals surface area (Å²) < 4.78 is 0. The van der Waals surface area contributed by atoms with E-state index in [1.54, 1.807) is 31.1 Å². The van der Waals surface area contributed by atoms with E-state index in [9.17, 15) is 9.90 Å². The molecule has 0 fully saturated rings. The molecule has 0 atom stereocenters. The minimum absolute atomic E-state index is 0.0430. The van der Waals surface area contributed by atoms with Gasteiger partial charge in [-0.05, 0) is 32.9 Å². The van der Waals surface area contributed by atoms with Crippen LogP contribution in [-0.2, 0) is 4.79 Å². The molecule has 0 aliphatic heterocycles. The molecule has 0 unspecified atom stereocenters. The number of amides is 1. The van der Waals surface area contributed by atoms with Gasteiger partial charge in [-0.1, -0.05) is 0 Å². The molecule has 0 aromatic carbocycles. The zero-order valence-corrected chi connectivity index (χ0v) is 11.9. The number of carbonyl (C=O) groups is 1. The van der Waals surface area contributed by atoms with Crippen LogP contribution in [0.25, 0.3) is 0 Å². The quantitative estimate of drug-likeness (QED) is 0.799. The number of hydrogen-bond donors (Lipinski definition) is 1. The third-order valence-corrected chi connectivity index (χ3v) is 3.32. The van der Waals surface area contributed by atoms with Gasteiger partial charge in [-0.15, -0.1) is 11.8 Å². The molecule has 0 aliphatic carbocycles. The summed E-state index contributed by atoms with van der Waals surface area (Å²) in [5.74, 6) is 0.426. The van der Waals surface area contributed by atoms with Crippen LogP contribution in [0.5, 0.6) is 0 Å². The Balaban J connectivity index is 2.48. The second-order valence-corrected chi connectivity index (χ2v) is 5.74. The lowest BCUT2D eigenvalue weighted by molar-refractivity contribution is -0.131. The number of aliphatic hydroxyl groups is 1. The first-order valence-corrected chi connectivity index (χ1v) is 6.94. The molecule has 0 bridgehead atoms. The number of likely N-dealkylation sites (N-methyl/N-ethyl adjacent to an activating group) is 1. The molecule has 1 heterocycles. The fourth-order valence-electron chi connectivity index (χ4n) is 1.51. The number of carbonyl (C=O) groups excluding carboxylic acids is 1. The summed E-state index contributed by atoms with van der Waals surface area (Å²) in [5.41, 5.74) is -0.854. The molecule has 1 amide bonds. The first kappa shape index (κ1) is 15.0. The normalized spacial score (nSPS) is 11.3. The van der Waals surface area contributed by atoms with Crippen LogP contribution in [0, 0.1) is 0 Å². The van der Waals surface area contributed by atoms with Crippen molar-refractivity contribution in [2.75, 3.05) is 18.8 Å². The van der Waals surface area contributed by atoms with Gasteiger partial charge in [0.2, 0.25) is 5.91 Å². The van der Waals surface area contributed by atoms with Crippen LogP contribution in [0.3, 0.4) is 0 Å². The molecule has 0 spiro atoms. The molecule has 100 valence electrons. The molecule has 4 nitrogen and oxygen atoms in total. The third-order valence-electron chi connectivity index (χ3n) is 2.32. The van der Waals surface area contributed by atoms with Gasteiger partial charge < -0.3 is 10.0 Å². The van der Waals surface area contributed by atoms with Crippen LogP contribution < -0.4 is 0 Å². The van der Waals surface area contributed by atoms with Crippen molar-refractivity contribution in [3.8, 4) is 0 Å². The number of nitrogens with zero attached hydrogens (tertiary/aromatic N) is 2. The Kier molecular flexibility index (Phi) is 5.62. The number of pyridine rings is 1. The largest absolute Gasteiger partial charge is 0.389 e. The maximum absolute atomic E-state index is 12.0. The van der Waals surface area contributed by atoms with Crippen molar-refractivity contribution in [1.29, 1.82) is 0 Å². The standard InChI is InChI=1S/C13H20N2O2S/c1-4-15(10-13(2,3)17)12(16)9-18-11-5-7-14-8-6-11/h5-8,17H,4,9-10H2,1-3H3. The summed E-state index contributed by atoms with van der Waals surface area (Å²) in [6, 6.07) is 3.76. The molecule has 0 aliphatic rings. The highest BCUT2D eigenvalue weighted by Gasteiger charge is 2.21. The van der Waals surface area contributed by atoms with Crippen LogP contribution in [0.1, 0.15) is 20.8 Å². The Bertz CT molecular complexity index is 376. The van der Waals surface area contributed by atoms with Crippen LogP contribution in [0.15, 0.2) is 29.4 Å². The molecule has 1 rings (SSSR count). The van der Waals surface area contributed by atoms with Crippen LogP contribution in [-0.4, -0.2) is 45.3 Å². The van der Waals surface area contributed by atoms with Gasteiger partial charge in [0, 0.05) is 30.4 Å². The summed E-state index contributed by atoms with van der Waals surface area (Å²) in [4.78, 5) is 18.6. The maximum atomic E-state index is 12.0. The highest BCUT2D eigenvalue weighted by molar-refractivity contribution is 8.00. The Labute approximate surface area is 112 Å². The van der Waals surface area contributed by atoms with Crippen LogP contribution in [0.2, 0.25) is 0 Å². The summed E-state index contributed by atoms with van der Waals surface area (Å²) in [6.45, 7) is 6.30. The molecule has 0 radical (unpaired) electrons. The molecular formula is C13H20N2O2S. The first-order chi connectivity index (χ1) is 8.42. The minimum Gasteiger partial charge on any atom is -0.389 e. The second-order valence-electron chi connectivity index (χ2n) is 4.69. The minimum atomic E-state index is -0.854. The van der Waals surface area contributed by atoms with Gasteiger partial charge in [0.25, 0.3) is 0 Å². The van der Waals surface area contributed by atoms with Gasteiger partial charge >= 0.3 is 0 Å². The van der Waals surface area contributed by atoms with Gasteiger partial charge in [0.15, 0.2) is 0 Å². The van der Waals surface area contributed by atoms with E-state index in [4.69, 9.17) is 0 Å². The SMILES string of the molecule is CCN(CC(C)(C)O)C(=O)CSc1ccncc1. The van der Waals surface area contributed by atoms with E-state index < -0.39 is 5.60 Å². The number of thioether (sulfide) groups is 1. The Hall–Kier alpha value is -1.07. The molecule has 0 saturated heterocycles. The van der Waals surface area contributed by atoms with Crippen molar-refractivity contribution in [2.45, 2.75) is 31.3 Å². The Morgan fingerprint density at radius 1 is 1.44 bits per heavy atom. The third kappa shape index (κ3) is 5.51. The molecule has 18 heavy (non-hydrogen) atoms. The lowest BCUT2D eigenvalue weighted by atomic mass is 10.1. The van der Waals surface area contributed by atoms with E-state index in [0.717, 1.165) is 4.90 Å². The monoisotopic (exact) mass is 268 g/mol. The zero-order valence-electron chi connectivity index (χ0n) is 11.1. The molecule has 1 N–H and O–H groups in total. The first-order valence-electron chi connectivity index (χ1n) is 5.95. The Morgan fingerprint density at radius 3 is 2.56 bits per heavy atom. The molecule has 1 aromatic rings. The van der Waals surface area contributed by atoms with Crippen molar-refractivity contribution in [3.05, 3.63) is 24.5 Å². The summed E-state index contributed by atoms with van der Waals surface area (Å²) >= 11 is 1.49. The van der Waals surface area contributed by atoms with Crippen molar-refractivity contribution in [2.24, 2.45) is 0 Å². The Morgan fingerprint density at radius 2 is 2.06 bits per heavy atom. The predicted molar refractivity (Wildman–Crippen MR) is 73.5 cm³/mol. The topological polar surface area (TPSA) is 53.4 Å². The molecular weight excluding hydrogens is 248 g/mol. The van der Waals surface area contributed by atoms with Gasteiger partial charge in [-0.3, -0.25) is 9.78 Å². The van der Waals surface area contributed by atoms with Crippen molar-refractivity contribution >= 4 is 17.7 Å². The fourth-order valence-corrected chi connectivity index (χ4v) is 2.30. The smallest absolute Gasteiger partial charge is 0.233 e. The predicted octanol–water partition coefficient (Wildman–Crippen LogP) is 1.79. The summed E-state index contributed by atoms with van der Waals surface area (Å²) in [6.07, 6.45) is 3.42. The molecule has 5 heteroatoms. The van der Waals surface area contributed by atoms with Gasteiger partial charge in [-0.25, -0.2) is 0 Å². The van der Waals surface area contributed by atoms with E-state index in [-0.39, 0.29) is 5.91 Å². The lowest BCUT2D eigenvalue weighted by Gasteiger charge is -2.28. The average molecular weight is 268 g/mol. The summed E-state index contributed by atoms with van der Waals surface area (Å²) in [5, 5.41) is 9.74. The van der Waals surface area contributed by atoms with E-state index in [2.05, 4.69) is 4.98 Å². The van der Waals surface area contributed by atoms with Gasteiger partial charge in [-0.2, -0.15) is 0 Å². The van der Waals surface area contributed by atoms with Crippen molar-refractivity contribution < 1.29 is 9.90 Å². The highest BCUT2D eigenvalue weighted by Crippen LogP contribution is 2.17. The van der Waals surface area contributed by atoms with E-state index >= 15 is 0 Å². The molecule has 0 saturated carbocycles. The van der Waals surface area contributed by atoms with Gasteiger partial charge in [0.1, 0.15) is 0 Å². The second kappa shape index (κ2) is 6.75. The van der Waals surface area contributed by atoms with Crippen molar-refractivity contribution in [3.63, 3.8) is 0 Å².